The van der Waals surface area contributed by atoms with Crippen LogP contribution in [0.5, 0.6) is 0 Å². The summed E-state index contributed by atoms with van der Waals surface area (Å²) in [5.74, 6) is 0.576. The fourth-order valence-corrected chi connectivity index (χ4v) is 2.65. The van der Waals surface area contributed by atoms with Crippen molar-refractivity contribution in [1.29, 1.82) is 0 Å². The van der Waals surface area contributed by atoms with Crippen molar-refractivity contribution in [2.75, 3.05) is 5.32 Å². The summed E-state index contributed by atoms with van der Waals surface area (Å²) in [6.07, 6.45) is 4.30. The molecule has 1 N–H and O–H groups in total. The predicted molar refractivity (Wildman–Crippen MR) is 81.5 cm³/mol. The van der Waals surface area contributed by atoms with Crippen molar-refractivity contribution >= 4 is 33.1 Å². The van der Waals surface area contributed by atoms with Crippen molar-refractivity contribution in [3.05, 3.63) is 36.4 Å². The number of benzene rings is 1. The Morgan fingerprint density at radius 3 is 3.21 bits per heavy atom. The summed E-state index contributed by atoms with van der Waals surface area (Å²) in [5.41, 5.74) is 3.63. The molecule has 4 heteroatoms. The van der Waals surface area contributed by atoms with Crippen LogP contribution in [0.25, 0.3) is 10.2 Å². The fraction of sp³-hybridized carbons (Fsp3) is 0.333. The minimum absolute atomic E-state index is 0.0692. The van der Waals surface area contributed by atoms with Gasteiger partial charge in [-0.25, -0.2) is 4.98 Å². The Balaban J connectivity index is 1.89. The molecule has 1 aromatic carbocycles. The lowest BCUT2D eigenvalue weighted by molar-refractivity contribution is -0.116. The smallest absolute Gasteiger partial charge is 0.224 e. The van der Waals surface area contributed by atoms with Crippen molar-refractivity contribution in [2.45, 2.75) is 26.2 Å². The van der Waals surface area contributed by atoms with Gasteiger partial charge in [-0.15, -0.1) is 17.9 Å². The minimum atomic E-state index is 0.0692. The van der Waals surface area contributed by atoms with Gasteiger partial charge >= 0.3 is 0 Å². The van der Waals surface area contributed by atoms with E-state index in [4.69, 9.17) is 0 Å². The predicted octanol–water partition coefficient (Wildman–Crippen LogP) is 4.23. The average Bonchev–Trinajstić information content (AvgIpc) is 2.84. The molecule has 0 spiro atoms. The molecule has 1 amide bonds. The van der Waals surface area contributed by atoms with E-state index in [0.717, 1.165) is 28.7 Å². The van der Waals surface area contributed by atoms with Crippen LogP contribution in [0, 0.1) is 5.92 Å². The maximum atomic E-state index is 11.8. The van der Waals surface area contributed by atoms with Gasteiger partial charge in [0.25, 0.3) is 0 Å². The van der Waals surface area contributed by atoms with E-state index < -0.39 is 0 Å². The van der Waals surface area contributed by atoms with E-state index in [1.807, 2.05) is 29.8 Å². The zero-order valence-electron chi connectivity index (χ0n) is 11.1. The highest BCUT2D eigenvalue weighted by molar-refractivity contribution is 7.16. The second-order valence-electron chi connectivity index (χ2n) is 4.75. The molecule has 0 fully saturated rings. The van der Waals surface area contributed by atoms with Crippen molar-refractivity contribution < 1.29 is 4.79 Å². The number of hydrogen-bond acceptors (Lipinski definition) is 3. The highest BCUT2D eigenvalue weighted by Gasteiger charge is 2.07. The van der Waals surface area contributed by atoms with E-state index in [0.29, 0.717) is 12.3 Å². The number of amides is 1. The Morgan fingerprint density at radius 2 is 2.42 bits per heavy atom. The SMILES string of the molecule is C=CCC(C)CCC(=O)Nc1ccc2ncsc2c1. The van der Waals surface area contributed by atoms with E-state index in [9.17, 15) is 4.79 Å². The number of aromatic nitrogens is 1. The summed E-state index contributed by atoms with van der Waals surface area (Å²) in [7, 11) is 0. The summed E-state index contributed by atoms with van der Waals surface area (Å²) < 4.78 is 1.10. The molecule has 0 aliphatic heterocycles. The average molecular weight is 274 g/mol. The first kappa shape index (κ1) is 13.7. The van der Waals surface area contributed by atoms with Gasteiger partial charge < -0.3 is 5.32 Å². The Bertz CT molecular complexity index is 576. The molecule has 0 saturated heterocycles. The molecular weight excluding hydrogens is 256 g/mol. The molecular formula is C15H18N2OS. The second-order valence-corrected chi connectivity index (χ2v) is 5.64. The van der Waals surface area contributed by atoms with Crippen molar-refractivity contribution in [2.24, 2.45) is 5.92 Å². The fourth-order valence-electron chi connectivity index (χ4n) is 1.94. The van der Waals surface area contributed by atoms with Crippen molar-refractivity contribution in [3.63, 3.8) is 0 Å². The van der Waals surface area contributed by atoms with Crippen LogP contribution in [0.2, 0.25) is 0 Å². The molecule has 0 bridgehead atoms. The summed E-state index contributed by atoms with van der Waals surface area (Å²) in [6.45, 7) is 5.85. The first-order chi connectivity index (χ1) is 9.19. The molecule has 2 aromatic rings. The molecule has 1 atom stereocenters. The molecule has 0 aliphatic carbocycles. The number of hydrogen-bond donors (Lipinski definition) is 1. The van der Waals surface area contributed by atoms with Gasteiger partial charge in [0.2, 0.25) is 5.91 Å². The third-order valence-corrected chi connectivity index (χ3v) is 3.84. The number of anilines is 1. The van der Waals surface area contributed by atoms with Crippen LogP contribution >= 0.6 is 11.3 Å². The summed E-state index contributed by atoms with van der Waals surface area (Å²) >= 11 is 1.58. The van der Waals surface area contributed by atoms with Crippen LogP contribution in [0.1, 0.15) is 26.2 Å². The van der Waals surface area contributed by atoms with Gasteiger partial charge in [0, 0.05) is 12.1 Å². The molecule has 3 nitrogen and oxygen atoms in total. The number of thiazole rings is 1. The molecule has 0 aliphatic rings. The van der Waals surface area contributed by atoms with Gasteiger partial charge in [-0.2, -0.15) is 0 Å². The summed E-state index contributed by atoms with van der Waals surface area (Å²) in [6, 6.07) is 5.80. The number of allylic oxidation sites excluding steroid dienone is 1. The van der Waals surface area contributed by atoms with Gasteiger partial charge in [0.1, 0.15) is 0 Å². The maximum absolute atomic E-state index is 11.8. The quantitative estimate of drug-likeness (QED) is 0.801. The number of carbonyl (C=O) groups is 1. The van der Waals surface area contributed by atoms with Crippen LogP contribution in [0.4, 0.5) is 5.69 Å². The van der Waals surface area contributed by atoms with Crippen LogP contribution in [-0.2, 0) is 4.79 Å². The zero-order chi connectivity index (χ0) is 13.7. The molecule has 1 unspecified atom stereocenters. The molecule has 1 aromatic heterocycles. The molecule has 100 valence electrons. The lowest BCUT2D eigenvalue weighted by atomic mass is 10.0. The summed E-state index contributed by atoms with van der Waals surface area (Å²) in [4.78, 5) is 16.1. The standard InChI is InChI=1S/C15H18N2OS/c1-3-4-11(2)5-8-15(18)17-12-6-7-13-14(9-12)19-10-16-13/h3,6-7,9-11H,1,4-5,8H2,2H3,(H,17,18). The van der Waals surface area contributed by atoms with Crippen LogP contribution in [0.15, 0.2) is 36.4 Å². The lowest BCUT2D eigenvalue weighted by Gasteiger charge is -2.09. The highest BCUT2D eigenvalue weighted by atomic mass is 32.1. The Hall–Kier alpha value is -1.68. The second kappa shape index (κ2) is 6.48. The molecule has 0 radical (unpaired) electrons. The van der Waals surface area contributed by atoms with Crippen molar-refractivity contribution in [1.82, 2.24) is 4.98 Å². The number of carbonyl (C=O) groups excluding carboxylic acids is 1. The third kappa shape index (κ3) is 3.89. The number of nitrogens with one attached hydrogen (secondary N) is 1. The Kier molecular flexibility index (Phi) is 4.68. The van der Waals surface area contributed by atoms with Crippen LogP contribution in [0.3, 0.4) is 0 Å². The van der Waals surface area contributed by atoms with Gasteiger partial charge in [-0.3, -0.25) is 4.79 Å². The minimum Gasteiger partial charge on any atom is -0.326 e. The van der Waals surface area contributed by atoms with Crippen LogP contribution < -0.4 is 5.32 Å². The topological polar surface area (TPSA) is 42.0 Å². The zero-order valence-corrected chi connectivity index (χ0v) is 11.9. The Labute approximate surface area is 117 Å². The first-order valence-corrected chi connectivity index (χ1v) is 7.31. The number of fused-ring (bicyclic) bond motifs is 1. The van der Waals surface area contributed by atoms with Gasteiger partial charge in [-0.1, -0.05) is 13.0 Å². The van der Waals surface area contributed by atoms with Gasteiger partial charge in [0.05, 0.1) is 15.7 Å². The highest BCUT2D eigenvalue weighted by Crippen LogP contribution is 2.22. The van der Waals surface area contributed by atoms with E-state index in [-0.39, 0.29) is 5.91 Å². The third-order valence-electron chi connectivity index (χ3n) is 3.05. The van der Waals surface area contributed by atoms with E-state index in [1.54, 1.807) is 11.3 Å². The Morgan fingerprint density at radius 1 is 1.58 bits per heavy atom. The van der Waals surface area contributed by atoms with E-state index in [2.05, 4.69) is 23.8 Å². The molecule has 2 rings (SSSR count). The van der Waals surface area contributed by atoms with Gasteiger partial charge in [-0.05, 0) is 37.0 Å². The molecule has 1 heterocycles. The molecule has 19 heavy (non-hydrogen) atoms. The normalized spacial score (nSPS) is 12.3. The lowest BCUT2D eigenvalue weighted by Crippen LogP contribution is -2.12. The first-order valence-electron chi connectivity index (χ1n) is 6.43. The van der Waals surface area contributed by atoms with E-state index in [1.165, 1.54) is 0 Å². The van der Waals surface area contributed by atoms with E-state index >= 15 is 0 Å². The van der Waals surface area contributed by atoms with Crippen molar-refractivity contribution in [3.8, 4) is 0 Å². The number of nitrogens with zero attached hydrogens (tertiary/aromatic N) is 1. The van der Waals surface area contributed by atoms with Crippen LogP contribution in [-0.4, -0.2) is 10.9 Å². The van der Waals surface area contributed by atoms with Gasteiger partial charge in [0.15, 0.2) is 0 Å². The number of rotatable bonds is 6. The largest absolute Gasteiger partial charge is 0.326 e. The molecule has 0 saturated carbocycles. The summed E-state index contributed by atoms with van der Waals surface area (Å²) in [5, 5.41) is 2.94. The monoisotopic (exact) mass is 274 g/mol. The maximum Gasteiger partial charge on any atom is 0.224 e.